The van der Waals surface area contributed by atoms with Gasteiger partial charge in [0.2, 0.25) is 0 Å². The van der Waals surface area contributed by atoms with E-state index in [1.165, 1.54) is 5.56 Å². The Morgan fingerprint density at radius 1 is 1.35 bits per heavy atom. The predicted molar refractivity (Wildman–Crippen MR) is 68.1 cm³/mol. The van der Waals surface area contributed by atoms with Crippen LogP contribution in [0.4, 0.5) is 0 Å². The summed E-state index contributed by atoms with van der Waals surface area (Å²) in [5.74, 6) is 0. The molecule has 0 N–H and O–H groups in total. The third-order valence-corrected chi connectivity index (χ3v) is 3.67. The number of aryl methyl sites for hydroxylation is 1. The molecular weight excluding hydrogens is 232 g/mol. The third kappa shape index (κ3) is 1.59. The quantitative estimate of drug-likeness (QED) is 0.768. The zero-order valence-corrected chi connectivity index (χ0v) is 10.1. The fraction of sp³-hybridized carbons (Fsp3) is 0.286. The van der Waals surface area contributed by atoms with Crippen LogP contribution in [-0.2, 0) is 19.3 Å². The third-order valence-electron chi connectivity index (χ3n) is 3.37. The summed E-state index contributed by atoms with van der Waals surface area (Å²) in [4.78, 5) is 4.66. The molecule has 0 radical (unpaired) electrons. The Labute approximate surface area is 105 Å². The van der Waals surface area contributed by atoms with Gasteiger partial charge in [-0.3, -0.25) is 4.98 Å². The van der Waals surface area contributed by atoms with Gasteiger partial charge >= 0.3 is 0 Å². The lowest BCUT2D eigenvalue weighted by Gasteiger charge is -2.10. The standard InChI is InChI=1S/C14H11ClN2/c15-12-5-1-4-11-9(7-8-16)10-3-2-6-13(10)17-14(11)12/h1,4-5H,2-3,6-7H2. The Morgan fingerprint density at radius 3 is 3.06 bits per heavy atom. The molecule has 0 saturated carbocycles. The number of hydrogen-bond donors (Lipinski definition) is 0. The second-order valence-electron chi connectivity index (χ2n) is 4.34. The van der Waals surface area contributed by atoms with Crippen LogP contribution in [0.2, 0.25) is 5.02 Å². The fourth-order valence-corrected chi connectivity index (χ4v) is 2.84. The number of aromatic nitrogens is 1. The molecule has 0 spiro atoms. The number of rotatable bonds is 1. The fourth-order valence-electron chi connectivity index (χ4n) is 2.63. The first-order valence-electron chi connectivity index (χ1n) is 5.77. The molecule has 1 aromatic heterocycles. The summed E-state index contributed by atoms with van der Waals surface area (Å²) in [5, 5.41) is 10.7. The van der Waals surface area contributed by atoms with Gasteiger partial charge in [-0.15, -0.1) is 0 Å². The average Bonchev–Trinajstić information content (AvgIpc) is 2.78. The lowest BCUT2D eigenvalue weighted by Crippen LogP contribution is -1.98. The maximum Gasteiger partial charge on any atom is 0.0894 e. The highest BCUT2D eigenvalue weighted by molar-refractivity contribution is 6.35. The number of halogens is 1. The predicted octanol–water partition coefficient (Wildman–Crippen LogP) is 3.44. The minimum absolute atomic E-state index is 0.446. The first-order valence-corrected chi connectivity index (χ1v) is 6.15. The monoisotopic (exact) mass is 242 g/mol. The number of fused-ring (bicyclic) bond motifs is 2. The molecule has 84 valence electrons. The Balaban J connectivity index is 2.41. The first-order chi connectivity index (χ1) is 8.31. The van der Waals surface area contributed by atoms with Crippen LogP contribution in [-0.4, -0.2) is 4.98 Å². The van der Waals surface area contributed by atoms with Gasteiger partial charge in [0.1, 0.15) is 0 Å². The van der Waals surface area contributed by atoms with Crippen molar-refractivity contribution in [3.8, 4) is 6.07 Å². The van der Waals surface area contributed by atoms with E-state index in [0.717, 1.165) is 41.4 Å². The molecule has 0 amide bonds. The van der Waals surface area contributed by atoms with E-state index >= 15 is 0 Å². The van der Waals surface area contributed by atoms with Crippen molar-refractivity contribution in [1.82, 2.24) is 4.98 Å². The largest absolute Gasteiger partial charge is 0.251 e. The Kier molecular flexibility index (Phi) is 2.49. The highest BCUT2D eigenvalue weighted by atomic mass is 35.5. The summed E-state index contributed by atoms with van der Waals surface area (Å²) in [5.41, 5.74) is 4.39. The number of benzene rings is 1. The van der Waals surface area contributed by atoms with E-state index < -0.39 is 0 Å². The molecule has 0 fully saturated rings. The minimum atomic E-state index is 0.446. The van der Waals surface area contributed by atoms with Crippen LogP contribution in [0.3, 0.4) is 0 Å². The molecule has 0 aliphatic heterocycles. The summed E-state index contributed by atoms with van der Waals surface area (Å²) in [6.45, 7) is 0. The summed E-state index contributed by atoms with van der Waals surface area (Å²) < 4.78 is 0. The van der Waals surface area contributed by atoms with E-state index in [1.54, 1.807) is 0 Å². The van der Waals surface area contributed by atoms with Crippen molar-refractivity contribution in [2.45, 2.75) is 25.7 Å². The molecule has 1 heterocycles. The van der Waals surface area contributed by atoms with E-state index in [2.05, 4.69) is 11.1 Å². The zero-order valence-electron chi connectivity index (χ0n) is 9.33. The molecule has 2 aromatic rings. The van der Waals surface area contributed by atoms with E-state index in [-0.39, 0.29) is 0 Å². The van der Waals surface area contributed by atoms with Gasteiger partial charge in [0.05, 0.1) is 23.0 Å². The molecule has 0 saturated heterocycles. The summed E-state index contributed by atoms with van der Waals surface area (Å²) in [6.07, 6.45) is 3.63. The molecule has 17 heavy (non-hydrogen) atoms. The first kappa shape index (κ1) is 10.6. The van der Waals surface area contributed by atoms with Crippen LogP contribution in [0.1, 0.15) is 23.2 Å². The number of para-hydroxylation sites is 1. The van der Waals surface area contributed by atoms with Gasteiger partial charge in [0.15, 0.2) is 0 Å². The number of hydrogen-bond acceptors (Lipinski definition) is 2. The van der Waals surface area contributed by atoms with Gasteiger partial charge in [-0.05, 0) is 36.5 Å². The van der Waals surface area contributed by atoms with Crippen molar-refractivity contribution in [2.24, 2.45) is 0 Å². The zero-order chi connectivity index (χ0) is 11.8. The minimum Gasteiger partial charge on any atom is -0.251 e. The Bertz CT molecular complexity index is 641. The van der Waals surface area contributed by atoms with Gasteiger partial charge in [-0.25, -0.2) is 0 Å². The average molecular weight is 243 g/mol. The molecular formula is C14H11ClN2. The lowest BCUT2D eigenvalue weighted by molar-refractivity contribution is 0.899. The number of pyridine rings is 1. The summed E-state index contributed by atoms with van der Waals surface area (Å²) in [7, 11) is 0. The molecule has 3 heteroatoms. The molecule has 1 aliphatic rings. The molecule has 1 aliphatic carbocycles. The summed E-state index contributed by atoms with van der Waals surface area (Å²) in [6, 6.07) is 8.05. The lowest BCUT2D eigenvalue weighted by atomic mass is 9.99. The molecule has 0 unspecified atom stereocenters. The molecule has 0 atom stereocenters. The van der Waals surface area contributed by atoms with Gasteiger partial charge < -0.3 is 0 Å². The van der Waals surface area contributed by atoms with Crippen LogP contribution in [0.25, 0.3) is 10.9 Å². The maximum absolute atomic E-state index is 8.98. The summed E-state index contributed by atoms with van der Waals surface area (Å²) >= 11 is 6.19. The van der Waals surface area contributed by atoms with E-state index in [9.17, 15) is 0 Å². The van der Waals surface area contributed by atoms with Gasteiger partial charge in [-0.2, -0.15) is 5.26 Å². The highest BCUT2D eigenvalue weighted by Gasteiger charge is 2.19. The second-order valence-corrected chi connectivity index (χ2v) is 4.75. The van der Waals surface area contributed by atoms with Crippen molar-refractivity contribution < 1.29 is 0 Å². The van der Waals surface area contributed by atoms with Crippen molar-refractivity contribution in [2.75, 3.05) is 0 Å². The van der Waals surface area contributed by atoms with Crippen LogP contribution in [0.5, 0.6) is 0 Å². The maximum atomic E-state index is 8.98. The van der Waals surface area contributed by atoms with Crippen LogP contribution >= 0.6 is 11.6 Å². The Hall–Kier alpha value is -1.59. The molecule has 0 bridgehead atoms. The van der Waals surface area contributed by atoms with Crippen molar-refractivity contribution in [3.05, 3.63) is 40.0 Å². The molecule has 3 rings (SSSR count). The van der Waals surface area contributed by atoms with Crippen molar-refractivity contribution in [3.63, 3.8) is 0 Å². The van der Waals surface area contributed by atoms with E-state index in [4.69, 9.17) is 16.9 Å². The highest BCUT2D eigenvalue weighted by Crippen LogP contribution is 2.32. The molecule has 2 nitrogen and oxygen atoms in total. The van der Waals surface area contributed by atoms with Crippen molar-refractivity contribution in [1.29, 1.82) is 5.26 Å². The van der Waals surface area contributed by atoms with Gasteiger partial charge in [0, 0.05) is 11.1 Å². The van der Waals surface area contributed by atoms with Crippen molar-refractivity contribution >= 4 is 22.5 Å². The normalized spacial score (nSPS) is 13.6. The number of nitriles is 1. The smallest absolute Gasteiger partial charge is 0.0894 e. The second kappa shape index (κ2) is 4.01. The topological polar surface area (TPSA) is 36.7 Å². The van der Waals surface area contributed by atoms with Crippen LogP contribution in [0.15, 0.2) is 18.2 Å². The SMILES string of the molecule is N#CCc1c2c(nc3c(Cl)cccc13)CCC2. The molecule has 1 aromatic carbocycles. The van der Waals surface area contributed by atoms with Gasteiger partial charge in [0.25, 0.3) is 0 Å². The van der Waals surface area contributed by atoms with Crippen LogP contribution in [0, 0.1) is 11.3 Å². The van der Waals surface area contributed by atoms with E-state index in [0.29, 0.717) is 11.4 Å². The number of nitrogens with zero attached hydrogens (tertiary/aromatic N) is 2. The van der Waals surface area contributed by atoms with Gasteiger partial charge in [-0.1, -0.05) is 23.7 Å². The van der Waals surface area contributed by atoms with E-state index in [1.807, 2.05) is 18.2 Å². The Morgan fingerprint density at radius 2 is 2.24 bits per heavy atom. The van der Waals surface area contributed by atoms with Crippen LogP contribution < -0.4 is 0 Å².